The Labute approximate surface area is 152 Å². The molecule has 130 valence electrons. The normalized spacial score (nSPS) is 10.9. The van der Waals surface area contributed by atoms with Crippen molar-refractivity contribution in [3.63, 3.8) is 0 Å². The fraction of sp³-hybridized carbons (Fsp3) is 0.278. The van der Waals surface area contributed by atoms with Crippen molar-refractivity contribution in [3.05, 3.63) is 42.5 Å². The van der Waals surface area contributed by atoms with E-state index in [0.29, 0.717) is 10.9 Å². The van der Waals surface area contributed by atoms with Gasteiger partial charge in [0, 0.05) is 19.3 Å². The van der Waals surface area contributed by atoms with Gasteiger partial charge in [-0.3, -0.25) is 4.98 Å². The lowest BCUT2D eigenvalue weighted by Crippen LogP contribution is -2.20. The number of rotatable bonds is 4. The van der Waals surface area contributed by atoms with Crippen molar-refractivity contribution in [2.45, 2.75) is 26.9 Å². The summed E-state index contributed by atoms with van der Waals surface area (Å²) in [6, 6.07) is 7.78. The third-order valence-corrected chi connectivity index (χ3v) is 3.98. The molecule has 0 saturated carbocycles. The van der Waals surface area contributed by atoms with Crippen molar-refractivity contribution in [2.75, 3.05) is 10.6 Å². The molecule has 0 aliphatic carbocycles. The monoisotopic (exact) mass is 355 g/mol. The number of hydrogen-bond acceptors (Lipinski definition) is 4. The maximum Gasteiger partial charge on any atom is 0.175 e. The quantitative estimate of drug-likeness (QED) is 0.693. The van der Waals surface area contributed by atoms with Crippen LogP contribution in [0.15, 0.2) is 36.7 Å². The standard InChI is InChI=1S/C18H21N5OS/c1-11(2)24-16-8-9-19-10-14(16)22-18(25)21-13-6-5-7-15-17(13)20-12(3)23(15)4/h5-11H,1-4H3,(H2,21,22,25). The number of anilines is 2. The number of imidazole rings is 1. The van der Waals surface area contributed by atoms with Crippen molar-refractivity contribution in [1.29, 1.82) is 0 Å². The molecule has 0 saturated heterocycles. The van der Waals surface area contributed by atoms with E-state index in [2.05, 4.69) is 20.6 Å². The summed E-state index contributed by atoms with van der Waals surface area (Å²) in [5, 5.41) is 6.82. The molecule has 3 aromatic rings. The van der Waals surface area contributed by atoms with Crippen LogP contribution >= 0.6 is 12.2 Å². The molecule has 0 amide bonds. The van der Waals surface area contributed by atoms with Gasteiger partial charge < -0.3 is 19.9 Å². The molecular formula is C18H21N5OS. The third-order valence-electron chi connectivity index (χ3n) is 3.78. The number of para-hydroxylation sites is 1. The van der Waals surface area contributed by atoms with E-state index in [1.807, 2.05) is 56.7 Å². The van der Waals surface area contributed by atoms with Gasteiger partial charge in [0.1, 0.15) is 22.8 Å². The number of aromatic nitrogens is 3. The van der Waals surface area contributed by atoms with Crippen LogP contribution in [-0.4, -0.2) is 25.8 Å². The maximum atomic E-state index is 5.78. The zero-order chi connectivity index (χ0) is 18.0. The van der Waals surface area contributed by atoms with Crippen LogP contribution in [0.3, 0.4) is 0 Å². The lowest BCUT2D eigenvalue weighted by atomic mass is 10.2. The number of hydrogen-bond donors (Lipinski definition) is 2. The van der Waals surface area contributed by atoms with Crippen LogP contribution in [0.4, 0.5) is 11.4 Å². The van der Waals surface area contributed by atoms with Gasteiger partial charge in [0.15, 0.2) is 5.11 Å². The minimum atomic E-state index is 0.0646. The summed E-state index contributed by atoms with van der Waals surface area (Å²) in [6.45, 7) is 5.93. The Bertz CT molecular complexity index is 919. The second-order valence-electron chi connectivity index (χ2n) is 6.01. The van der Waals surface area contributed by atoms with Crippen molar-refractivity contribution in [1.82, 2.24) is 14.5 Å². The summed E-state index contributed by atoms with van der Waals surface area (Å²) in [5.41, 5.74) is 3.51. The Morgan fingerprint density at radius 3 is 2.72 bits per heavy atom. The molecule has 25 heavy (non-hydrogen) atoms. The van der Waals surface area contributed by atoms with Crippen molar-refractivity contribution >= 4 is 39.7 Å². The predicted molar refractivity (Wildman–Crippen MR) is 105 cm³/mol. The Morgan fingerprint density at radius 2 is 1.96 bits per heavy atom. The fourth-order valence-corrected chi connectivity index (χ4v) is 2.76. The van der Waals surface area contributed by atoms with Gasteiger partial charge in [0.25, 0.3) is 0 Å². The van der Waals surface area contributed by atoms with Gasteiger partial charge in [0.2, 0.25) is 0 Å². The zero-order valence-corrected chi connectivity index (χ0v) is 15.5. The van der Waals surface area contributed by atoms with Gasteiger partial charge in [-0.15, -0.1) is 0 Å². The van der Waals surface area contributed by atoms with Crippen molar-refractivity contribution < 1.29 is 4.74 Å². The minimum absolute atomic E-state index is 0.0646. The highest BCUT2D eigenvalue weighted by Crippen LogP contribution is 2.26. The van der Waals surface area contributed by atoms with Crippen LogP contribution in [0.2, 0.25) is 0 Å². The number of fused-ring (bicyclic) bond motifs is 1. The molecule has 0 fully saturated rings. The average molecular weight is 355 g/mol. The smallest absolute Gasteiger partial charge is 0.175 e. The summed E-state index contributed by atoms with van der Waals surface area (Å²) >= 11 is 5.45. The van der Waals surface area contributed by atoms with Gasteiger partial charge in [0.05, 0.1) is 23.5 Å². The Hall–Kier alpha value is -2.67. The first kappa shape index (κ1) is 17.2. The number of benzene rings is 1. The first-order valence-corrected chi connectivity index (χ1v) is 8.47. The molecule has 7 heteroatoms. The third kappa shape index (κ3) is 3.71. The highest BCUT2D eigenvalue weighted by Gasteiger charge is 2.11. The lowest BCUT2D eigenvalue weighted by molar-refractivity contribution is 0.243. The Kier molecular flexibility index (Phi) is 4.85. The summed E-state index contributed by atoms with van der Waals surface area (Å²) in [6.07, 6.45) is 3.45. The van der Waals surface area contributed by atoms with E-state index in [-0.39, 0.29) is 6.10 Å². The first-order chi connectivity index (χ1) is 12.0. The van der Waals surface area contributed by atoms with E-state index in [0.717, 1.165) is 28.2 Å². The fourth-order valence-electron chi connectivity index (χ4n) is 2.54. The Balaban J connectivity index is 1.81. The van der Waals surface area contributed by atoms with Crippen LogP contribution in [0.25, 0.3) is 11.0 Å². The average Bonchev–Trinajstić information content (AvgIpc) is 2.85. The molecule has 0 aliphatic heterocycles. The number of pyridine rings is 1. The Morgan fingerprint density at radius 1 is 1.20 bits per heavy atom. The molecular weight excluding hydrogens is 334 g/mol. The molecule has 3 rings (SSSR count). The molecule has 2 aromatic heterocycles. The molecule has 0 spiro atoms. The van der Waals surface area contributed by atoms with E-state index in [4.69, 9.17) is 17.0 Å². The van der Waals surface area contributed by atoms with Crippen LogP contribution in [0.5, 0.6) is 5.75 Å². The van der Waals surface area contributed by atoms with Gasteiger partial charge in [-0.1, -0.05) is 6.07 Å². The molecule has 0 bridgehead atoms. The second-order valence-corrected chi connectivity index (χ2v) is 6.42. The largest absolute Gasteiger partial charge is 0.489 e. The molecule has 0 aliphatic rings. The SMILES string of the molecule is Cc1nc2c(NC(=S)Nc3cnccc3OC(C)C)cccc2n1C. The molecule has 6 nitrogen and oxygen atoms in total. The van der Waals surface area contributed by atoms with Crippen molar-refractivity contribution in [2.24, 2.45) is 7.05 Å². The van der Waals surface area contributed by atoms with Gasteiger partial charge in [-0.05, 0) is 45.1 Å². The number of thiocarbonyl (C=S) groups is 1. The first-order valence-electron chi connectivity index (χ1n) is 8.06. The topological polar surface area (TPSA) is 64.0 Å². The van der Waals surface area contributed by atoms with E-state index < -0.39 is 0 Å². The zero-order valence-electron chi connectivity index (χ0n) is 14.7. The van der Waals surface area contributed by atoms with E-state index in [1.54, 1.807) is 12.4 Å². The summed E-state index contributed by atoms with van der Waals surface area (Å²) < 4.78 is 7.83. The molecule has 0 radical (unpaired) electrons. The lowest BCUT2D eigenvalue weighted by Gasteiger charge is -2.16. The molecule has 2 N–H and O–H groups in total. The highest BCUT2D eigenvalue weighted by atomic mass is 32.1. The highest BCUT2D eigenvalue weighted by molar-refractivity contribution is 7.80. The van der Waals surface area contributed by atoms with Crippen molar-refractivity contribution in [3.8, 4) is 5.75 Å². The summed E-state index contributed by atoms with van der Waals surface area (Å²) in [7, 11) is 2.00. The number of ether oxygens (including phenoxy) is 1. The van der Waals surface area contributed by atoms with Crippen LogP contribution in [0, 0.1) is 6.92 Å². The number of nitrogens with one attached hydrogen (secondary N) is 2. The predicted octanol–water partition coefficient (Wildman–Crippen LogP) is 3.87. The summed E-state index contributed by atoms with van der Waals surface area (Å²) in [5.74, 6) is 1.66. The molecule has 0 atom stereocenters. The van der Waals surface area contributed by atoms with Gasteiger partial charge >= 0.3 is 0 Å². The maximum absolute atomic E-state index is 5.78. The van der Waals surface area contributed by atoms with Gasteiger partial charge in [-0.25, -0.2) is 4.98 Å². The summed E-state index contributed by atoms with van der Waals surface area (Å²) in [4.78, 5) is 8.74. The number of nitrogens with zero attached hydrogens (tertiary/aromatic N) is 3. The van der Waals surface area contributed by atoms with E-state index >= 15 is 0 Å². The van der Waals surface area contributed by atoms with Crippen LogP contribution in [0.1, 0.15) is 19.7 Å². The van der Waals surface area contributed by atoms with Gasteiger partial charge in [-0.2, -0.15) is 0 Å². The molecule has 0 unspecified atom stereocenters. The minimum Gasteiger partial charge on any atom is -0.489 e. The number of aryl methyl sites for hydroxylation is 2. The second kappa shape index (κ2) is 7.06. The van der Waals surface area contributed by atoms with Crippen LogP contribution in [-0.2, 0) is 7.05 Å². The molecule has 2 heterocycles. The van der Waals surface area contributed by atoms with E-state index in [9.17, 15) is 0 Å². The molecule has 1 aromatic carbocycles. The van der Waals surface area contributed by atoms with E-state index in [1.165, 1.54) is 0 Å². The van der Waals surface area contributed by atoms with Crippen LogP contribution < -0.4 is 15.4 Å².